The molecule has 5 nitrogen and oxygen atoms in total. The first-order valence-corrected chi connectivity index (χ1v) is 10.1. The monoisotopic (exact) mass is 450 g/mol. The van der Waals surface area contributed by atoms with Gasteiger partial charge in [-0.25, -0.2) is 8.78 Å². The zero-order valence-corrected chi connectivity index (χ0v) is 17.4. The number of carbonyl (C=O) groups excluding carboxylic acids is 2. The summed E-state index contributed by atoms with van der Waals surface area (Å²) in [5.74, 6) is -3.22. The number of nitrogens with one attached hydrogen (secondary N) is 1. The van der Waals surface area contributed by atoms with E-state index in [-0.39, 0.29) is 28.5 Å². The minimum absolute atomic E-state index is 0.0642. The van der Waals surface area contributed by atoms with E-state index in [4.69, 9.17) is 11.6 Å². The molecular weight excluding hydrogens is 434 g/mol. The summed E-state index contributed by atoms with van der Waals surface area (Å²) in [6.45, 7) is 2.57. The number of hydrogen-bond donors (Lipinski definition) is 2. The molecule has 0 aliphatic heterocycles. The van der Waals surface area contributed by atoms with Crippen molar-refractivity contribution in [3.63, 3.8) is 0 Å². The average molecular weight is 451 g/mol. The zero-order chi connectivity index (χ0) is 21.8. The Morgan fingerprint density at radius 3 is 2.37 bits per heavy atom. The van der Waals surface area contributed by atoms with Gasteiger partial charge >= 0.3 is 0 Å². The van der Waals surface area contributed by atoms with Crippen LogP contribution in [0.5, 0.6) is 5.75 Å². The first-order valence-electron chi connectivity index (χ1n) is 8.90. The van der Waals surface area contributed by atoms with E-state index in [0.717, 1.165) is 17.0 Å². The molecule has 30 heavy (non-hydrogen) atoms. The van der Waals surface area contributed by atoms with Gasteiger partial charge < -0.3 is 15.3 Å². The molecule has 1 heterocycles. The Bertz CT molecular complexity index is 1080. The predicted octanol–water partition coefficient (Wildman–Crippen LogP) is 5.30. The second kappa shape index (κ2) is 9.23. The lowest BCUT2D eigenvalue weighted by Gasteiger charge is -2.21. The van der Waals surface area contributed by atoms with Gasteiger partial charge in [-0.05, 0) is 43.3 Å². The summed E-state index contributed by atoms with van der Waals surface area (Å²) in [6.07, 6.45) is 0. The summed E-state index contributed by atoms with van der Waals surface area (Å²) in [7, 11) is 0. The second-order valence-electron chi connectivity index (χ2n) is 6.37. The standard InChI is InChI=1S/C21H17ClF2N2O3S/c1-2-26(11-16-4-6-19(22)30-16)21(29)17-5-3-15(10-18(17)27)25-20(28)12-7-13(23)9-14(24)8-12/h3-10,27H,2,11H2,1H3,(H,25,28). The molecule has 9 heteroatoms. The fourth-order valence-electron chi connectivity index (χ4n) is 2.80. The van der Waals surface area contributed by atoms with Crippen molar-refractivity contribution in [2.24, 2.45) is 0 Å². The number of anilines is 1. The molecule has 156 valence electrons. The molecule has 0 fully saturated rings. The lowest BCUT2D eigenvalue weighted by Crippen LogP contribution is -2.30. The Labute approximate surface area is 180 Å². The Morgan fingerprint density at radius 2 is 1.80 bits per heavy atom. The Kier molecular flexibility index (Phi) is 6.69. The van der Waals surface area contributed by atoms with Crippen molar-refractivity contribution in [1.82, 2.24) is 4.90 Å². The minimum Gasteiger partial charge on any atom is -0.507 e. The van der Waals surface area contributed by atoms with Gasteiger partial charge in [0.25, 0.3) is 11.8 Å². The van der Waals surface area contributed by atoms with E-state index in [1.807, 2.05) is 13.0 Å². The van der Waals surface area contributed by atoms with E-state index in [2.05, 4.69) is 5.32 Å². The number of rotatable bonds is 6. The Balaban J connectivity index is 1.75. The maximum Gasteiger partial charge on any atom is 0.257 e. The van der Waals surface area contributed by atoms with Gasteiger partial charge in [0.1, 0.15) is 17.4 Å². The topological polar surface area (TPSA) is 69.6 Å². The largest absolute Gasteiger partial charge is 0.507 e. The van der Waals surface area contributed by atoms with E-state index in [1.54, 1.807) is 11.0 Å². The van der Waals surface area contributed by atoms with Crippen LogP contribution >= 0.6 is 22.9 Å². The second-order valence-corrected chi connectivity index (χ2v) is 8.17. The van der Waals surface area contributed by atoms with Gasteiger partial charge in [-0.3, -0.25) is 9.59 Å². The van der Waals surface area contributed by atoms with Gasteiger partial charge in [0.05, 0.1) is 16.4 Å². The van der Waals surface area contributed by atoms with Crippen molar-refractivity contribution >= 4 is 40.4 Å². The number of benzene rings is 2. The number of phenolic OH excluding ortho intramolecular Hbond substituents is 1. The summed E-state index contributed by atoms with van der Waals surface area (Å²) < 4.78 is 27.2. The van der Waals surface area contributed by atoms with Gasteiger partial charge in [-0.15, -0.1) is 11.3 Å². The predicted molar refractivity (Wildman–Crippen MR) is 112 cm³/mol. The average Bonchev–Trinajstić information content (AvgIpc) is 3.09. The van der Waals surface area contributed by atoms with Crippen LogP contribution in [-0.2, 0) is 6.54 Å². The number of hydrogen-bond acceptors (Lipinski definition) is 4. The number of phenols is 1. The highest BCUT2D eigenvalue weighted by Crippen LogP contribution is 2.27. The molecular formula is C21H17ClF2N2O3S. The van der Waals surface area contributed by atoms with Crippen molar-refractivity contribution in [2.45, 2.75) is 13.5 Å². The quantitative estimate of drug-likeness (QED) is 0.535. The van der Waals surface area contributed by atoms with Crippen molar-refractivity contribution in [1.29, 1.82) is 0 Å². The molecule has 3 rings (SSSR count). The molecule has 2 aromatic carbocycles. The van der Waals surface area contributed by atoms with Crippen LogP contribution in [0.1, 0.15) is 32.5 Å². The van der Waals surface area contributed by atoms with Crippen molar-refractivity contribution in [3.8, 4) is 5.75 Å². The van der Waals surface area contributed by atoms with Gasteiger partial charge in [-0.2, -0.15) is 0 Å². The molecule has 0 aliphatic rings. The third-order valence-electron chi connectivity index (χ3n) is 4.26. The molecule has 2 amide bonds. The molecule has 2 N–H and O–H groups in total. The maximum absolute atomic E-state index is 13.3. The van der Waals surface area contributed by atoms with E-state index in [0.29, 0.717) is 23.5 Å². The molecule has 0 aliphatic carbocycles. The summed E-state index contributed by atoms with van der Waals surface area (Å²) in [6, 6.07) is 10.0. The molecule has 0 unspecified atom stereocenters. The maximum atomic E-state index is 13.3. The van der Waals surface area contributed by atoms with Gasteiger partial charge in [0.15, 0.2) is 0 Å². The summed E-state index contributed by atoms with van der Waals surface area (Å²) in [4.78, 5) is 27.5. The fraction of sp³-hybridized carbons (Fsp3) is 0.143. The Morgan fingerprint density at radius 1 is 1.10 bits per heavy atom. The number of carbonyl (C=O) groups is 2. The van der Waals surface area contributed by atoms with Crippen LogP contribution < -0.4 is 5.32 Å². The van der Waals surface area contributed by atoms with E-state index < -0.39 is 17.5 Å². The number of thiophene rings is 1. The zero-order valence-electron chi connectivity index (χ0n) is 15.8. The third kappa shape index (κ3) is 5.14. The van der Waals surface area contributed by atoms with Gasteiger partial charge in [-0.1, -0.05) is 11.6 Å². The molecule has 3 aromatic rings. The van der Waals surface area contributed by atoms with Crippen LogP contribution in [-0.4, -0.2) is 28.4 Å². The normalized spacial score (nSPS) is 10.7. The van der Waals surface area contributed by atoms with Crippen LogP contribution in [0.25, 0.3) is 0 Å². The van der Waals surface area contributed by atoms with E-state index >= 15 is 0 Å². The van der Waals surface area contributed by atoms with Crippen LogP contribution in [0.4, 0.5) is 14.5 Å². The number of amides is 2. The molecule has 0 radical (unpaired) electrons. The van der Waals surface area contributed by atoms with Gasteiger partial charge in [0.2, 0.25) is 0 Å². The molecule has 0 atom stereocenters. The van der Waals surface area contributed by atoms with Gasteiger partial charge in [0, 0.05) is 34.8 Å². The summed E-state index contributed by atoms with van der Waals surface area (Å²) in [5.41, 5.74) is 0.0278. The SMILES string of the molecule is CCN(Cc1ccc(Cl)s1)C(=O)c1ccc(NC(=O)c2cc(F)cc(F)c2)cc1O. The van der Waals surface area contributed by atoms with Crippen LogP contribution in [0.15, 0.2) is 48.5 Å². The number of halogens is 3. The van der Waals surface area contributed by atoms with Crippen molar-refractivity contribution in [3.05, 3.63) is 80.5 Å². The highest BCUT2D eigenvalue weighted by Gasteiger charge is 2.19. The van der Waals surface area contributed by atoms with Crippen LogP contribution in [0, 0.1) is 11.6 Å². The first kappa shape index (κ1) is 21.7. The van der Waals surface area contributed by atoms with Crippen LogP contribution in [0.3, 0.4) is 0 Å². The smallest absolute Gasteiger partial charge is 0.257 e. The molecule has 0 spiro atoms. The number of nitrogens with zero attached hydrogens (tertiary/aromatic N) is 1. The molecule has 0 saturated heterocycles. The lowest BCUT2D eigenvalue weighted by atomic mass is 10.1. The highest BCUT2D eigenvalue weighted by molar-refractivity contribution is 7.16. The van der Waals surface area contributed by atoms with E-state index in [1.165, 1.54) is 29.5 Å². The highest BCUT2D eigenvalue weighted by atomic mass is 35.5. The molecule has 0 saturated carbocycles. The minimum atomic E-state index is -0.879. The summed E-state index contributed by atoms with van der Waals surface area (Å²) in [5, 5.41) is 12.7. The molecule has 0 bridgehead atoms. The van der Waals surface area contributed by atoms with Crippen molar-refractivity contribution in [2.75, 3.05) is 11.9 Å². The molecule has 1 aromatic heterocycles. The fourth-order valence-corrected chi connectivity index (χ4v) is 3.90. The number of aromatic hydroxyl groups is 1. The summed E-state index contributed by atoms with van der Waals surface area (Å²) >= 11 is 7.29. The first-order chi connectivity index (χ1) is 14.3. The van der Waals surface area contributed by atoms with E-state index in [9.17, 15) is 23.5 Å². The van der Waals surface area contributed by atoms with Crippen LogP contribution in [0.2, 0.25) is 4.34 Å². The lowest BCUT2D eigenvalue weighted by molar-refractivity contribution is 0.0751. The Hall–Kier alpha value is -2.97. The van der Waals surface area contributed by atoms with Crippen molar-refractivity contribution < 1.29 is 23.5 Å². The third-order valence-corrected chi connectivity index (χ3v) is 5.47.